The molecule has 2 N–H and O–H groups in total. The van der Waals surface area contributed by atoms with Gasteiger partial charge in [0.05, 0.1) is 12.8 Å². The molecule has 0 aliphatic rings. The number of hydrogen-bond donors (Lipinski definition) is 2. The summed E-state index contributed by atoms with van der Waals surface area (Å²) in [5.74, 6) is 2.48. The lowest BCUT2D eigenvalue weighted by atomic mass is 10.2. The van der Waals surface area contributed by atoms with Crippen molar-refractivity contribution >= 4 is 29.9 Å². The van der Waals surface area contributed by atoms with Gasteiger partial charge in [-0.15, -0.1) is 24.0 Å². The van der Waals surface area contributed by atoms with Gasteiger partial charge < -0.3 is 24.5 Å². The molecule has 150 valence electrons. The molecule has 1 aromatic carbocycles. The van der Waals surface area contributed by atoms with E-state index in [1.165, 1.54) is 5.56 Å². The van der Waals surface area contributed by atoms with Crippen LogP contribution in [0.25, 0.3) is 0 Å². The normalized spacial score (nSPS) is 12.2. The summed E-state index contributed by atoms with van der Waals surface area (Å²) in [6.07, 6.45) is 2.57. The molecule has 2 rings (SSSR count). The molecule has 0 aliphatic heterocycles. The van der Waals surface area contributed by atoms with Gasteiger partial charge in [-0.25, -0.2) is 0 Å². The zero-order valence-corrected chi connectivity index (χ0v) is 18.6. The third-order valence-electron chi connectivity index (χ3n) is 3.72. The first-order valence-corrected chi connectivity index (χ1v) is 8.95. The Kier molecular flexibility index (Phi) is 11.6. The zero-order valence-electron chi connectivity index (χ0n) is 16.2. The van der Waals surface area contributed by atoms with Crippen LogP contribution in [-0.2, 0) is 11.3 Å². The van der Waals surface area contributed by atoms with E-state index in [2.05, 4.69) is 22.5 Å². The van der Waals surface area contributed by atoms with Gasteiger partial charge in [0.15, 0.2) is 5.96 Å². The first-order chi connectivity index (χ1) is 12.7. The van der Waals surface area contributed by atoms with Gasteiger partial charge in [0.1, 0.15) is 24.2 Å². The van der Waals surface area contributed by atoms with E-state index in [9.17, 15) is 0 Å². The summed E-state index contributed by atoms with van der Waals surface area (Å²) in [6, 6.07) is 11.8. The number of guanidine groups is 1. The number of aliphatic imine (C=N–C) groups is 1. The van der Waals surface area contributed by atoms with Crippen molar-refractivity contribution in [3.05, 3.63) is 54.0 Å². The van der Waals surface area contributed by atoms with Gasteiger partial charge in [0, 0.05) is 20.2 Å². The van der Waals surface area contributed by atoms with Crippen LogP contribution in [-0.4, -0.2) is 38.8 Å². The van der Waals surface area contributed by atoms with E-state index in [0.29, 0.717) is 19.8 Å². The summed E-state index contributed by atoms with van der Waals surface area (Å²) in [5, 5.41) is 6.54. The monoisotopic (exact) mass is 487 g/mol. The molecule has 0 saturated carbocycles. The van der Waals surface area contributed by atoms with Crippen molar-refractivity contribution in [3.8, 4) is 5.75 Å². The van der Waals surface area contributed by atoms with Crippen LogP contribution in [0.3, 0.4) is 0 Å². The largest absolute Gasteiger partial charge is 0.489 e. The first-order valence-electron chi connectivity index (χ1n) is 8.95. The average molecular weight is 487 g/mol. The number of hydrogen-bond acceptors (Lipinski definition) is 4. The van der Waals surface area contributed by atoms with Crippen LogP contribution in [0.5, 0.6) is 5.75 Å². The third kappa shape index (κ3) is 9.67. The van der Waals surface area contributed by atoms with Gasteiger partial charge >= 0.3 is 0 Å². The van der Waals surface area contributed by atoms with Crippen LogP contribution in [0.4, 0.5) is 0 Å². The molecule has 0 aliphatic carbocycles. The first kappa shape index (κ1) is 23.3. The Morgan fingerprint density at radius 2 is 1.96 bits per heavy atom. The lowest BCUT2D eigenvalue weighted by Crippen LogP contribution is -2.42. The maximum Gasteiger partial charge on any atom is 0.191 e. The number of nitrogens with one attached hydrogen (secondary N) is 2. The maximum atomic E-state index is 5.88. The quantitative estimate of drug-likeness (QED) is 0.231. The second-order valence-corrected chi connectivity index (χ2v) is 6.11. The standard InChI is InChI=1S/C20H29N3O3.HI/c1-16-7-9-18(10-8-16)26-17(2)14-23-20(21-3)22-11-5-12-24-15-19-6-4-13-25-19;/h4,6-10,13,17H,5,11-12,14-15H2,1-3H3,(H2,21,22,23);1H. The van der Waals surface area contributed by atoms with Crippen LogP contribution in [0.1, 0.15) is 24.7 Å². The SMILES string of the molecule is CN=C(NCCCOCc1ccco1)NCC(C)Oc1ccc(C)cc1.I. The summed E-state index contributed by atoms with van der Waals surface area (Å²) in [4.78, 5) is 4.22. The van der Waals surface area contributed by atoms with Crippen LogP contribution < -0.4 is 15.4 Å². The van der Waals surface area contributed by atoms with Crippen molar-refractivity contribution < 1.29 is 13.9 Å². The Balaban J connectivity index is 0.00000364. The minimum atomic E-state index is 0. The molecule has 0 radical (unpaired) electrons. The Morgan fingerprint density at radius 1 is 1.19 bits per heavy atom. The molecule has 1 heterocycles. The predicted octanol–water partition coefficient (Wildman–Crippen LogP) is 3.75. The zero-order chi connectivity index (χ0) is 18.6. The second kappa shape index (κ2) is 13.4. The number of halogens is 1. The van der Waals surface area contributed by atoms with Crippen molar-refractivity contribution in [2.24, 2.45) is 4.99 Å². The second-order valence-electron chi connectivity index (χ2n) is 6.11. The van der Waals surface area contributed by atoms with Gasteiger partial charge in [-0.2, -0.15) is 0 Å². The van der Waals surface area contributed by atoms with Crippen LogP contribution in [0.2, 0.25) is 0 Å². The molecular formula is C20H30IN3O3. The van der Waals surface area contributed by atoms with E-state index in [-0.39, 0.29) is 30.1 Å². The Morgan fingerprint density at radius 3 is 2.63 bits per heavy atom. The third-order valence-corrected chi connectivity index (χ3v) is 3.72. The van der Waals surface area contributed by atoms with E-state index >= 15 is 0 Å². The Hall–Kier alpha value is -1.74. The highest BCUT2D eigenvalue weighted by molar-refractivity contribution is 14.0. The molecule has 0 spiro atoms. The van der Waals surface area contributed by atoms with Gasteiger partial charge in [0.2, 0.25) is 0 Å². The van der Waals surface area contributed by atoms with Crippen molar-refractivity contribution in [2.45, 2.75) is 33.0 Å². The Bertz CT molecular complexity index is 645. The molecule has 0 amide bonds. The highest BCUT2D eigenvalue weighted by Crippen LogP contribution is 2.12. The molecule has 7 heteroatoms. The number of rotatable bonds is 10. The smallest absolute Gasteiger partial charge is 0.191 e. The molecule has 0 saturated heterocycles. The Labute approximate surface area is 178 Å². The van der Waals surface area contributed by atoms with Gasteiger partial charge in [-0.3, -0.25) is 4.99 Å². The maximum absolute atomic E-state index is 5.88. The molecule has 1 atom stereocenters. The fraction of sp³-hybridized carbons (Fsp3) is 0.450. The number of furan rings is 1. The van der Waals surface area contributed by atoms with Crippen LogP contribution >= 0.6 is 24.0 Å². The summed E-state index contributed by atoms with van der Waals surface area (Å²) in [5.41, 5.74) is 1.22. The van der Waals surface area contributed by atoms with E-state index in [0.717, 1.165) is 30.4 Å². The van der Waals surface area contributed by atoms with E-state index < -0.39 is 0 Å². The fourth-order valence-corrected chi connectivity index (χ4v) is 2.30. The minimum absolute atomic E-state index is 0. The number of nitrogens with zero attached hydrogens (tertiary/aromatic N) is 1. The van der Waals surface area contributed by atoms with Crippen molar-refractivity contribution in [1.29, 1.82) is 0 Å². The lowest BCUT2D eigenvalue weighted by molar-refractivity contribution is 0.105. The van der Waals surface area contributed by atoms with Crippen molar-refractivity contribution in [2.75, 3.05) is 26.7 Å². The molecule has 6 nitrogen and oxygen atoms in total. The highest BCUT2D eigenvalue weighted by atomic mass is 127. The van der Waals surface area contributed by atoms with Crippen molar-refractivity contribution in [3.63, 3.8) is 0 Å². The minimum Gasteiger partial charge on any atom is -0.489 e. The molecule has 27 heavy (non-hydrogen) atoms. The molecule has 1 aromatic heterocycles. The predicted molar refractivity (Wildman–Crippen MR) is 119 cm³/mol. The van der Waals surface area contributed by atoms with E-state index in [1.807, 2.05) is 43.3 Å². The summed E-state index contributed by atoms with van der Waals surface area (Å²) in [7, 11) is 1.76. The van der Waals surface area contributed by atoms with Crippen LogP contribution in [0, 0.1) is 6.92 Å². The number of ether oxygens (including phenoxy) is 2. The average Bonchev–Trinajstić information content (AvgIpc) is 3.16. The number of benzene rings is 1. The molecule has 0 fully saturated rings. The number of aryl methyl sites for hydroxylation is 1. The molecule has 2 aromatic rings. The fourth-order valence-electron chi connectivity index (χ4n) is 2.30. The summed E-state index contributed by atoms with van der Waals surface area (Å²) >= 11 is 0. The lowest BCUT2D eigenvalue weighted by Gasteiger charge is -2.18. The van der Waals surface area contributed by atoms with Gasteiger partial charge in [-0.05, 0) is 44.5 Å². The summed E-state index contributed by atoms with van der Waals surface area (Å²) < 4.78 is 16.7. The molecular weight excluding hydrogens is 457 g/mol. The highest BCUT2D eigenvalue weighted by Gasteiger charge is 2.05. The molecule has 0 bridgehead atoms. The van der Waals surface area contributed by atoms with Crippen LogP contribution in [0.15, 0.2) is 52.1 Å². The van der Waals surface area contributed by atoms with E-state index in [4.69, 9.17) is 13.9 Å². The summed E-state index contributed by atoms with van der Waals surface area (Å²) in [6.45, 7) is 6.72. The van der Waals surface area contributed by atoms with E-state index in [1.54, 1.807) is 13.3 Å². The topological polar surface area (TPSA) is 68.0 Å². The van der Waals surface area contributed by atoms with Crippen molar-refractivity contribution in [1.82, 2.24) is 10.6 Å². The van der Waals surface area contributed by atoms with Gasteiger partial charge in [0.25, 0.3) is 0 Å². The molecule has 1 unspecified atom stereocenters. The van der Waals surface area contributed by atoms with Gasteiger partial charge in [-0.1, -0.05) is 17.7 Å².